The first-order valence-corrected chi connectivity index (χ1v) is 3.05. The number of aromatic nitrogens is 1. The fourth-order valence-corrected chi connectivity index (χ4v) is 0.678. The number of nitrogens with two attached hydrogens (primary N) is 1. The van der Waals surface area contributed by atoms with Gasteiger partial charge in [-0.15, -0.1) is 0 Å². The van der Waals surface area contributed by atoms with Gasteiger partial charge in [0.25, 0.3) is 0 Å². The lowest BCUT2D eigenvalue weighted by Gasteiger charge is -1.87. The molecule has 0 radical (unpaired) electrons. The maximum absolute atomic E-state index is 5.49. The molecule has 2 nitrogen and oxygen atoms in total. The molecule has 2 heteroatoms. The topological polar surface area (TPSA) is 41.8 Å². The number of rotatable bonds is 2. The lowest BCUT2D eigenvalue weighted by atomic mass is 10.3. The predicted molar refractivity (Wildman–Crippen MR) is 43.2 cm³/mol. The summed E-state index contributed by atoms with van der Waals surface area (Å²) in [6, 6.07) is 1.94. The summed E-state index contributed by atoms with van der Waals surface area (Å²) in [5.74, 6) is 0. The van der Waals surface area contributed by atoms with Crippen molar-refractivity contribution in [2.75, 3.05) is 0 Å². The van der Waals surface area contributed by atoms with Crippen molar-refractivity contribution in [3.05, 3.63) is 42.4 Å². The van der Waals surface area contributed by atoms with Gasteiger partial charge in [-0.2, -0.15) is 0 Å². The molecular weight excluding hydrogens is 124 g/mol. The maximum Gasteiger partial charge on any atom is 0.0314 e. The van der Waals surface area contributed by atoms with Gasteiger partial charge in [-0.25, -0.2) is 0 Å². The van der Waals surface area contributed by atoms with Crippen LogP contribution >= 0.6 is 0 Å². The highest BCUT2D eigenvalue weighted by molar-refractivity contribution is 5.53. The number of hydrogen-bond acceptors (Lipinski definition) is 1. The van der Waals surface area contributed by atoms with Gasteiger partial charge in [-0.05, 0) is 23.8 Å². The lowest BCUT2D eigenvalue weighted by Crippen LogP contribution is -1.90. The van der Waals surface area contributed by atoms with Crippen molar-refractivity contribution in [2.24, 2.45) is 5.73 Å². The molecule has 1 aromatic rings. The van der Waals surface area contributed by atoms with Crippen LogP contribution in [0.25, 0.3) is 6.08 Å². The van der Waals surface area contributed by atoms with E-state index in [1.807, 2.05) is 24.5 Å². The highest BCUT2D eigenvalue weighted by Crippen LogP contribution is 2.01. The quantitative estimate of drug-likeness (QED) is 0.591. The second kappa shape index (κ2) is 2.92. The van der Waals surface area contributed by atoms with E-state index in [1.165, 1.54) is 0 Å². The second-order valence-corrected chi connectivity index (χ2v) is 1.99. The van der Waals surface area contributed by atoms with Crippen LogP contribution in [0.4, 0.5) is 0 Å². The van der Waals surface area contributed by atoms with Crippen LogP contribution in [0.5, 0.6) is 0 Å². The van der Waals surface area contributed by atoms with E-state index >= 15 is 0 Å². The first kappa shape index (κ1) is 6.68. The zero-order valence-corrected chi connectivity index (χ0v) is 5.67. The molecule has 1 heterocycles. The Balaban J connectivity index is 2.80. The van der Waals surface area contributed by atoms with Gasteiger partial charge in [0.05, 0.1) is 0 Å². The summed E-state index contributed by atoms with van der Waals surface area (Å²) in [6.45, 7) is 3.54. The van der Waals surface area contributed by atoms with Crippen LogP contribution in [0, 0.1) is 0 Å². The van der Waals surface area contributed by atoms with E-state index in [1.54, 1.807) is 6.08 Å². The minimum Gasteiger partial charge on any atom is -0.399 e. The molecule has 0 saturated heterocycles. The Hall–Kier alpha value is -1.44. The molecule has 0 fully saturated rings. The van der Waals surface area contributed by atoms with Crippen LogP contribution in [-0.2, 0) is 0 Å². The summed E-state index contributed by atoms with van der Waals surface area (Å²) < 4.78 is 0. The molecule has 0 unspecified atom stereocenters. The summed E-state index contributed by atoms with van der Waals surface area (Å²) in [6.07, 6.45) is 7.19. The number of nitrogens with one attached hydrogen (secondary N) is 1. The third-order valence-corrected chi connectivity index (χ3v) is 1.19. The standard InChI is InChI=1S/C8H10N2/c1-2-8(9)5-7-3-4-10-6-7/h2-6,10H,1,9H2/b8-5+. The second-order valence-electron chi connectivity index (χ2n) is 1.99. The molecule has 0 saturated carbocycles. The van der Waals surface area contributed by atoms with Gasteiger partial charge < -0.3 is 10.7 Å². The van der Waals surface area contributed by atoms with E-state index < -0.39 is 0 Å². The smallest absolute Gasteiger partial charge is 0.0314 e. The highest BCUT2D eigenvalue weighted by Gasteiger charge is 1.85. The first-order valence-electron chi connectivity index (χ1n) is 3.05. The molecule has 0 spiro atoms. The predicted octanol–water partition coefficient (Wildman–Crippen LogP) is 1.50. The fraction of sp³-hybridized carbons (Fsp3) is 0. The van der Waals surface area contributed by atoms with Gasteiger partial charge in [-0.3, -0.25) is 0 Å². The van der Waals surface area contributed by atoms with E-state index in [2.05, 4.69) is 11.6 Å². The van der Waals surface area contributed by atoms with Gasteiger partial charge >= 0.3 is 0 Å². The van der Waals surface area contributed by atoms with Crippen molar-refractivity contribution in [1.29, 1.82) is 0 Å². The van der Waals surface area contributed by atoms with Gasteiger partial charge in [0.2, 0.25) is 0 Å². The maximum atomic E-state index is 5.49. The van der Waals surface area contributed by atoms with E-state index in [-0.39, 0.29) is 0 Å². The average Bonchev–Trinajstić information content (AvgIpc) is 2.40. The van der Waals surface area contributed by atoms with Crippen LogP contribution in [-0.4, -0.2) is 4.98 Å². The molecule has 10 heavy (non-hydrogen) atoms. The molecule has 0 aliphatic heterocycles. The third-order valence-electron chi connectivity index (χ3n) is 1.19. The highest BCUT2D eigenvalue weighted by atomic mass is 14.6. The Bertz CT molecular complexity index is 232. The third kappa shape index (κ3) is 1.52. The summed E-state index contributed by atoms with van der Waals surface area (Å²) in [4.78, 5) is 2.92. The number of allylic oxidation sites excluding steroid dienone is 1. The Morgan fingerprint density at radius 1 is 1.70 bits per heavy atom. The van der Waals surface area contributed by atoms with Gasteiger partial charge in [-0.1, -0.05) is 6.58 Å². The molecule has 0 aromatic carbocycles. The number of aromatic amines is 1. The van der Waals surface area contributed by atoms with Gasteiger partial charge in [0, 0.05) is 18.1 Å². The number of H-pyrrole nitrogens is 1. The SMILES string of the molecule is C=C/C(N)=C\c1cc[nH]c1. The summed E-state index contributed by atoms with van der Waals surface area (Å²) >= 11 is 0. The van der Waals surface area contributed by atoms with Crippen molar-refractivity contribution < 1.29 is 0 Å². The summed E-state index contributed by atoms with van der Waals surface area (Å²) in [7, 11) is 0. The van der Waals surface area contributed by atoms with Crippen LogP contribution in [0.2, 0.25) is 0 Å². The van der Waals surface area contributed by atoms with Crippen LogP contribution in [0.1, 0.15) is 5.56 Å². The molecule has 1 rings (SSSR count). The molecule has 0 aliphatic rings. The van der Waals surface area contributed by atoms with Crippen molar-refractivity contribution in [3.63, 3.8) is 0 Å². The fourth-order valence-electron chi connectivity index (χ4n) is 0.678. The number of hydrogen-bond donors (Lipinski definition) is 2. The van der Waals surface area contributed by atoms with Crippen LogP contribution in [0.3, 0.4) is 0 Å². The van der Waals surface area contributed by atoms with E-state index in [0.29, 0.717) is 5.70 Å². The van der Waals surface area contributed by atoms with E-state index in [4.69, 9.17) is 5.73 Å². The van der Waals surface area contributed by atoms with Crippen LogP contribution in [0.15, 0.2) is 36.8 Å². The minimum atomic E-state index is 0.680. The summed E-state index contributed by atoms with van der Waals surface area (Å²) in [5.41, 5.74) is 7.24. The van der Waals surface area contributed by atoms with Crippen molar-refractivity contribution >= 4 is 6.08 Å². The Morgan fingerprint density at radius 3 is 3.00 bits per heavy atom. The van der Waals surface area contributed by atoms with Crippen molar-refractivity contribution in [1.82, 2.24) is 4.98 Å². The molecular formula is C8H10N2. The summed E-state index contributed by atoms with van der Waals surface area (Å²) in [5, 5.41) is 0. The largest absolute Gasteiger partial charge is 0.399 e. The zero-order valence-electron chi connectivity index (χ0n) is 5.67. The molecule has 0 aliphatic carbocycles. The van der Waals surface area contributed by atoms with Crippen molar-refractivity contribution in [2.45, 2.75) is 0 Å². The monoisotopic (exact) mass is 134 g/mol. The first-order chi connectivity index (χ1) is 4.83. The Labute approximate surface area is 60.1 Å². The molecule has 0 atom stereocenters. The van der Waals surface area contributed by atoms with E-state index in [9.17, 15) is 0 Å². The molecule has 3 N–H and O–H groups in total. The average molecular weight is 134 g/mol. The van der Waals surface area contributed by atoms with Gasteiger partial charge in [0.1, 0.15) is 0 Å². The Morgan fingerprint density at radius 2 is 2.50 bits per heavy atom. The lowest BCUT2D eigenvalue weighted by molar-refractivity contribution is 1.41. The Kier molecular flexibility index (Phi) is 1.95. The van der Waals surface area contributed by atoms with Crippen LogP contribution < -0.4 is 5.73 Å². The molecule has 0 bridgehead atoms. The molecule has 52 valence electrons. The van der Waals surface area contributed by atoms with Gasteiger partial charge in [0.15, 0.2) is 0 Å². The minimum absolute atomic E-state index is 0.680. The van der Waals surface area contributed by atoms with E-state index in [0.717, 1.165) is 5.56 Å². The zero-order chi connectivity index (χ0) is 7.40. The molecule has 1 aromatic heterocycles. The normalized spacial score (nSPS) is 11.4. The van der Waals surface area contributed by atoms with Crippen molar-refractivity contribution in [3.8, 4) is 0 Å². The molecule has 0 amide bonds.